The molecule has 0 saturated carbocycles. The lowest BCUT2D eigenvalue weighted by Crippen LogP contribution is -2.14. The highest BCUT2D eigenvalue weighted by Crippen LogP contribution is 2.29. The molecular formula is C16H11ClF2N2O3S. The van der Waals surface area contributed by atoms with Gasteiger partial charge in [0.2, 0.25) is 5.91 Å². The monoisotopic (exact) mass is 384 g/mol. The maximum absolute atomic E-state index is 12.2. The van der Waals surface area contributed by atoms with E-state index in [-0.39, 0.29) is 22.4 Å². The Kier molecular flexibility index (Phi) is 5.40. The molecule has 1 aromatic heterocycles. The molecule has 0 spiro atoms. The minimum Gasteiger partial charge on any atom is -0.433 e. The summed E-state index contributed by atoms with van der Waals surface area (Å²) in [5.74, 6) is -0.402. The summed E-state index contributed by atoms with van der Waals surface area (Å²) in [6, 6.07) is 11.3. The second kappa shape index (κ2) is 7.71. The first-order valence-corrected chi connectivity index (χ1v) is 8.40. The number of carbonyl (C=O) groups excluding carboxylic acids is 1. The van der Waals surface area contributed by atoms with Gasteiger partial charge >= 0.3 is 6.61 Å². The summed E-state index contributed by atoms with van der Waals surface area (Å²) in [4.78, 5) is 16.2. The molecule has 130 valence electrons. The maximum Gasteiger partial charge on any atom is 0.387 e. The van der Waals surface area contributed by atoms with E-state index in [9.17, 15) is 13.6 Å². The Bertz CT molecular complexity index is 871. The Hall–Kier alpha value is -2.32. The number of nitrogens with zero attached hydrogens (tertiary/aromatic N) is 1. The van der Waals surface area contributed by atoms with Crippen LogP contribution in [0.4, 0.5) is 14.5 Å². The van der Waals surface area contributed by atoms with E-state index in [1.54, 1.807) is 6.07 Å². The van der Waals surface area contributed by atoms with Gasteiger partial charge in [0, 0.05) is 5.69 Å². The molecule has 0 aliphatic rings. The first kappa shape index (κ1) is 17.5. The van der Waals surface area contributed by atoms with Crippen molar-refractivity contribution in [1.82, 2.24) is 4.98 Å². The highest BCUT2D eigenvalue weighted by atomic mass is 35.5. The van der Waals surface area contributed by atoms with Crippen LogP contribution in [0.25, 0.3) is 11.1 Å². The Morgan fingerprint density at radius 2 is 2.12 bits per heavy atom. The van der Waals surface area contributed by atoms with Gasteiger partial charge in [0.15, 0.2) is 5.58 Å². The summed E-state index contributed by atoms with van der Waals surface area (Å²) < 4.78 is 34.1. The second-order valence-electron chi connectivity index (χ2n) is 4.81. The summed E-state index contributed by atoms with van der Waals surface area (Å²) in [5.41, 5.74) is 1.73. The number of nitrogens with one attached hydrogen (secondary N) is 1. The Morgan fingerprint density at radius 3 is 2.84 bits per heavy atom. The zero-order valence-electron chi connectivity index (χ0n) is 12.5. The Labute approximate surface area is 150 Å². The molecule has 0 atom stereocenters. The van der Waals surface area contributed by atoms with Crippen LogP contribution in [0.3, 0.4) is 0 Å². The zero-order valence-corrected chi connectivity index (χ0v) is 14.1. The zero-order chi connectivity index (χ0) is 17.8. The molecule has 5 nitrogen and oxygen atoms in total. The van der Waals surface area contributed by atoms with Crippen LogP contribution in [0.15, 0.2) is 52.1 Å². The number of anilines is 1. The van der Waals surface area contributed by atoms with Crippen molar-refractivity contribution in [2.45, 2.75) is 11.8 Å². The summed E-state index contributed by atoms with van der Waals surface area (Å²) in [6.07, 6.45) is 0. The molecule has 25 heavy (non-hydrogen) atoms. The summed E-state index contributed by atoms with van der Waals surface area (Å²) in [6.45, 7) is -2.97. The van der Waals surface area contributed by atoms with Crippen LogP contribution in [0.1, 0.15) is 0 Å². The maximum atomic E-state index is 12.2. The second-order valence-corrected chi connectivity index (χ2v) is 6.14. The summed E-state index contributed by atoms with van der Waals surface area (Å²) >= 11 is 6.98. The quantitative estimate of drug-likeness (QED) is 0.618. The number of benzene rings is 2. The molecule has 0 fully saturated rings. The van der Waals surface area contributed by atoms with Crippen molar-refractivity contribution < 1.29 is 22.7 Å². The molecule has 0 saturated heterocycles. The van der Waals surface area contributed by atoms with Gasteiger partial charge in [0.05, 0.1) is 10.8 Å². The minimum absolute atomic E-state index is 0.0234. The third-order valence-corrected chi connectivity index (χ3v) is 4.16. The fourth-order valence-corrected chi connectivity index (χ4v) is 2.87. The number of alkyl halides is 2. The lowest BCUT2D eigenvalue weighted by Gasteiger charge is -2.09. The van der Waals surface area contributed by atoms with Crippen molar-refractivity contribution in [2.24, 2.45) is 0 Å². The topological polar surface area (TPSA) is 64.4 Å². The van der Waals surface area contributed by atoms with Gasteiger partial charge in [0.1, 0.15) is 11.3 Å². The number of aromatic nitrogens is 1. The van der Waals surface area contributed by atoms with E-state index in [4.69, 9.17) is 16.0 Å². The van der Waals surface area contributed by atoms with Crippen LogP contribution in [-0.4, -0.2) is 23.3 Å². The molecule has 2 aromatic carbocycles. The van der Waals surface area contributed by atoms with Crippen LogP contribution in [0, 0.1) is 0 Å². The van der Waals surface area contributed by atoms with E-state index >= 15 is 0 Å². The van der Waals surface area contributed by atoms with Crippen LogP contribution in [0.2, 0.25) is 5.02 Å². The SMILES string of the molecule is O=C(CSc1nc2ccccc2o1)Nc1ccc(OC(F)F)c(Cl)c1. The molecule has 3 rings (SSSR count). The van der Waals surface area contributed by atoms with Crippen molar-refractivity contribution in [3.63, 3.8) is 0 Å². The Balaban J connectivity index is 1.57. The number of carbonyl (C=O) groups is 1. The standard InChI is InChI=1S/C16H11ClF2N2O3S/c17-10-7-9(5-6-12(10)23-15(18)19)20-14(22)8-25-16-21-11-3-1-2-4-13(11)24-16/h1-7,15H,8H2,(H,20,22). The summed E-state index contributed by atoms with van der Waals surface area (Å²) in [7, 11) is 0. The first-order valence-electron chi connectivity index (χ1n) is 7.04. The van der Waals surface area contributed by atoms with Gasteiger partial charge in [0.25, 0.3) is 5.22 Å². The largest absolute Gasteiger partial charge is 0.433 e. The number of ether oxygens (including phenoxy) is 1. The van der Waals surface area contributed by atoms with Crippen molar-refractivity contribution in [3.05, 3.63) is 47.5 Å². The fourth-order valence-electron chi connectivity index (χ4n) is 2.01. The van der Waals surface area contributed by atoms with Crippen LogP contribution in [-0.2, 0) is 4.79 Å². The number of oxazole rings is 1. The third kappa shape index (κ3) is 4.61. The fraction of sp³-hybridized carbons (Fsp3) is 0.125. The molecule has 3 aromatic rings. The molecular weight excluding hydrogens is 374 g/mol. The van der Waals surface area contributed by atoms with E-state index in [0.717, 1.165) is 11.8 Å². The third-order valence-electron chi connectivity index (χ3n) is 3.03. The van der Waals surface area contributed by atoms with Crippen LogP contribution in [0.5, 0.6) is 5.75 Å². The van der Waals surface area contributed by atoms with E-state index < -0.39 is 6.61 Å². The van der Waals surface area contributed by atoms with Crippen LogP contribution >= 0.6 is 23.4 Å². The average Bonchev–Trinajstić information content (AvgIpc) is 2.98. The van der Waals surface area contributed by atoms with Crippen molar-refractivity contribution >= 4 is 46.1 Å². The summed E-state index contributed by atoms with van der Waals surface area (Å²) in [5, 5.41) is 2.97. The van der Waals surface area contributed by atoms with E-state index in [0.29, 0.717) is 22.0 Å². The average molecular weight is 385 g/mol. The number of halogens is 3. The van der Waals surface area contributed by atoms with Gasteiger partial charge in [-0.05, 0) is 30.3 Å². The lowest BCUT2D eigenvalue weighted by molar-refractivity contribution is -0.113. The number of para-hydroxylation sites is 2. The highest BCUT2D eigenvalue weighted by molar-refractivity contribution is 7.99. The van der Waals surface area contributed by atoms with Gasteiger partial charge in [-0.2, -0.15) is 8.78 Å². The van der Waals surface area contributed by atoms with Crippen LogP contribution < -0.4 is 10.1 Å². The molecule has 9 heteroatoms. The molecule has 0 unspecified atom stereocenters. The molecule has 0 aliphatic heterocycles. The number of rotatable bonds is 6. The highest BCUT2D eigenvalue weighted by Gasteiger charge is 2.12. The van der Waals surface area contributed by atoms with Crippen molar-refractivity contribution in [2.75, 3.05) is 11.1 Å². The van der Waals surface area contributed by atoms with E-state index in [1.165, 1.54) is 18.2 Å². The molecule has 0 aliphatic carbocycles. The van der Waals surface area contributed by atoms with Gasteiger partial charge in [-0.15, -0.1) is 0 Å². The molecule has 0 bridgehead atoms. The number of fused-ring (bicyclic) bond motifs is 1. The molecule has 0 radical (unpaired) electrons. The predicted octanol–water partition coefficient (Wildman–Crippen LogP) is 4.81. The number of amides is 1. The minimum atomic E-state index is -2.97. The van der Waals surface area contributed by atoms with E-state index in [2.05, 4.69) is 15.0 Å². The number of hydrogen-bond acceptors (Lipinski definition) is 5. The van der Waals surface area contributed by atoms with Gasteiger partial charge < -0.3 is 14.5 Å². The van der Waals surface area contributed by atoms with Gasteiger partial charge in [-0.25, -0.2) is 4.98 Å². The van der Waals surface area contributed by atoms with Crippen molar-refractivity contribution in [1.29, 1.82) is 0 Å². The van der Waals surface area contributed by atoms with E-state index in [1.807, 2.05) is 18.2 Å². The van der Waals surface area contributed by atoms with Gasteiger partial charge in [-0.3, -0.25) is 4.79 Å². The Morgan fingerprint density at radius 1 is 1.32 bits per heavy atom. The smallest absolute Gasteiger partial charge is 0.387 e. The first-order chi connectivity index (χ1) is 12.0. The normalized spacial score (nSPS) is 11.0. The number of thioether (sulfide) groups is 1. The number of hydrogen-bond donors (Lipinski definition) is 1. The molecule has 1 amide bonds. The predicted molar refractivity (Wildman–Crippen MR) is 91.4 cm³/mol. The lowest BCUT2D eigenvalue weighted by atomic mass is 10.3. The van der Waals surface area contributed by atoms with Crippen molar-refractivity contribution in [3.8, 4) is 5.75 Å². The molecule has 1 N–H and O–H groups in total. The van der Waals surface area contributed by atoms with Gasteiger partial charge in [-0.1, -0.05) is 35.5 Å². The molecule has 1 heterocycles.